The lowest BCUT2D eigenvalue weighted by molar-refractivity contribution is -0.887. The number of unbranched alkanes of at least 4 members (excludes halogenated alkanes) is 16. The summed E-state index contributed by atoms with van der Waals surface area (Å²) in [4.78, 5) is 36.8. The van der Waals surface area contributed by atoms with Crippen molar-refractivity contribution in [3.63, 3.8) is 0 Å². The zero-order valence-electron chi connectivity index (χ0n) is 35.4. The summed E-state index contributed by atoms with van der Waals surface area (Å²) in [6.45, 7) is 4.66. The maximum absolute atomic E-state index is 12.7. The Hall–Kier alpha value is -2.71. The number of carbonyl (C=O) groups excluding carboxylic acids is 2. The first-order chi connectivity index (χ1) is 26.1. The molecule has 0 radical (unpaired) electrons. The second-order valence-electron chi connectivity index (χ2n) is 15.6. The van der Waals surface area contributed by atoms with Crippen LogP contribution in [0.15, 0.2) is 48.6 Å². The Bertz CT molecular complexity index is 1030. The minimum absolute atomic E-state index is 0.0536. The van der Waals surface area contributed by atoms with Crippen LogP contribution in [0.2, 0.25) is 0 Å². The Balaban J connectivity index is 4.34. The Morgan fingerprint density at radius 1 is 0.556 bits per heavy atom. The van der Waals surface area contributed by atoms with Gasteiger partial charge in [-0.3, -0.25) is 9.59 Å². The van der Waals surface area contributed by atoms with Crippen molar-refractivity contribution < 1.29 is 38.2 Å². The molecule has 8 nitrogen and oxygen atoms in total. The minimum atomic E-state index is -0.880. The van der Waals surface area contributed by atoms with Crippen LogP contribution in [0.25, 0.3) is 0 Å². The average molecular weight is 761 g/mol. The third-order valence-corrected chi connectivity index (χ3v) is 9.48. The fourth-order valence-electron chi connectivity index (χ4n) is 6.07. The molecule has 0 rings (SSSR count). The third kappa shape index (κ3) is 35.0. The summed E-state index contributed by atoms with van der Waals surface area (Å²) < 4.78 is 17.2. The maximum Gasteiger partial charge on any atom is 0.362 e. The number of ether oxygens (including phenoxy) is 3. The number of allylic oxidation sites excluding steroid dienone is 8. The number of likely N-dealkylation sites (N-methyl/N-ethyl adjacent to an activating group) is 1. The normalized spacial score (nSPS) is 13.4. The third-order valence-electron chi connectivity index (χ3n) is 9.48. The quantitative estimate of drug-likeness (QED) is 0.0289. The molecule has 0 aromatic rings. The second kappa shape index (κ2) is 37.2. The lowest BCUT2D eigenvalue weighted by Gasteiger charge is -2.31. The van der Waals surface area contributed by atoms with Gasteiger partial charge in [-0.25, -0.2) is 4.79 Å². The molecule has 54 heavy (non-hydrogen) atoms. The average Bonchev–Trinajstić information content (AvgIpc) is 3.12. The van der Waals surface area contributed by atoms with Crippen molar-refractivity contribution in [3.8, 4) is 0 Å². The molecule has 1 N–H and O–H groups in total. The number of carboxylic acids is 1. The van der Waals surface area contributed by atoms with E-state index in [1.165, 1.54) is 64.2 Å². The molecular weight excluding hydrogens is 679 g/mol. The van der Waals surface area contributed by atoms with Gasteiger partial charge in [-0.2, -0.15) is 0 Å². The maximum atomic E-state index is 12.7. The first-order valence-corrected chi connectivity index (χ1v) is 21.7. The summed E-state index contributed by atoms with van der Waals surface area (Å²) in [5.74, 6) is -1.49. The second-order valence-corrected chi connectivity index (χ2v) is 15.6. The van der Waals surface area contributed by atoms with E-state index in [-0.39, 0.29) is 36.2 Å². The molecule has 0 saturated carbocycles. The van der Waals surface area contributed by atoms with Crippen LogP contribution in [0.4, 0.5) is 0 Å². The molecule has 0 fully saturated rings. The predicted molar refractivity (Wildman–Crippen MR) is 224 cm³/mol. The SMILES string of the molecule is CCCCC/C=C/C/C=C/C/C=C/C/C=C/CCCCCCCC(=O)OC(COCCC(C(=O)O)[N+](C)(C)C)COC(=O)CCCCCCCCCCC. The highest BCUT2D eigenvalue weighted by molar-refractivity contribution is 5.72. The van der Waals surface area contributed by atoms with E-state index in [9.17, 15) is 19.5 Å². The Morgan fingerprint density at radius 2 is 0.981 bits per heavy atom. The summed E-state index contributed by atoms with van der Waals surface area (Å²) in [6.07, 6.45) is 43.0. The molecule has 2 unspecified atom stereocenters. The number of quaternary nitrogens is 1. The van der Waals surface area contributed by atoms with Crippen LogP contribution >= 0.6 is 0 Å². The summed E-state index contributed by atoms with van der Waals surface area (Å²) in [5.41, 5.74) is 0. The number of hydrogen-bond donors (Lipinski definition) is 1. The van der Waals surface area contributed by atoms with Gasteiger partial charge >= 0.3 is 17.9 Å². The summed E-state index contributed by atoms with van der Waals surface area (Å²) in [7, 11) is 5.51. The van der Waals surface area contributed by atoms with Crippen LogP contribution in [0.1, 0.15) is 174 Å². The topological polar surface area (TPSA) is 99.1 Å². The molecular formula is C46H82NO7+. The Morgan fingerprint density at radius 3 is 1.48 bits per heavy atom. The first-order valence-electron chi connectivity index (χ1n) is 21.7. The molecule has 0 amide bonds. The molecule has 0 aliphatic rings. The summed E-state index contributed by atoms with van der Waals surface area (Å²) in [6, 6.07) is -0.617. The van der Waals surface area contributed by atoms with Crippen molar-refractivity contribution in [1.29, 1.82) is 0 Å². The van der Waals surface area contributed by atoms with Gasteiger partial charge in [0.1, 0.15) is 6.61 Å². The van der Waals surface area contributed by atoms with Gasteiger partial charge in [0.25, 0.3) is 0 Å². The highest BCUT2D eigenvalue weighted by Gasteiger charge is 2.31. The summed E-state index contributed by atoms with van der Waals surface area (Å²) >= 11 is 0. The molecule has 0 heterocycles. The largest absolute Gasteiger partial charge is 0.477 e. The van der Waals surface area contributed by atoms with E-state index >= 15 is 0 Å². The standard InChI is InChI=1S/C46H81NO7/c1-6-8-10-12-14-16-17-18-19-20-21-22-23-24-25-26-27-29-31-33-35-37-45(49)54-42(40-52-39-38-43(46(50)51)47(3,4)5)41-53-44(48)36-34-32-30-28-15-13-11-9-7-2/h14,16,18-19,21-22,24-25,42-43H,6-13,15,17,20,23,26-41H2,1-5H3/p+1/b16-14+,19-18+,22-21+,25-24+. The van der Waals surface area contributed by atoms with Crippen LogP contribution in [0, 0.1) is 0 Å². The van der Waals surface area contributed by atoms with Gasteiger partial charge in [-0.15, -0.1) is 0 Å². The van der Waals surface area contributed by atoms with E-state index < -0.39 is 18.1 Å². The Labute approximate surface area is 331 Å². The van der Waals surface area contributed by atoms with Crippen molar-refractivity contribution >= 4 is 17.9 Å². The van der Waals surface area contributed by atoms with Gasteiger partial charge in [0.05, 0.1) is 34.4 Å². The lowest BCUT2D eigenvalue weighted by Crippen LogP contribution is -2.50. The number of rotatable bonds is 38. The number of esters is 2. The molecule has 0 spiro atoms. The predicted octanol–water partition coefficient (Wildman–Crippen LogP) is 11.6. The number of carbonyl (C=O) groups is 3. The molecule has 0 saturated heterocycles. The van der Waals surface area contributed by atoms with E-state index in [2.05, 4.69) is 62.5 Å². The first kappa shape index (κ1) is 51.3. The van der Waals surface area contributed by atoms with Crippen molar-refractivity contribution in [1.82, 2.24) is 0 Å². The molecule has 0 aliphatic carbocycles. The van der Waals surface area contributed by atoms with Gasteiger partial charge in [0.2, 0.25) is 0 Å². The fraction of sp³-hybridized carbons (Fsp3) is 0.761. The van der Waals surface area contributed by atoms with Gasteiger partial charge in [-0.05, 0) is 57.8 Å². The smallest absolute Gasteiger partial charge is 0.362 e. The van der Waals surface area contributed by atoms with Crippen LogP contribution in [0.3, 0.4) is 0 Å². The van der Waals surface area contributed by atoms with Crippen molar-refractivity contribution in [2.45, 2.75) is 187 Å². The Kier molecular flexibility index (Phi) is 35.4. The van der Waals surface area contributed by atoms with Gasteiger partial charge in [-0.1, -0.05) is 146 Å². The van der Waals surface area contributed by atoms with Crippen LogP contribution in [0.5, 0.6) is 0 Å². The van der Waals surface area contributed by atoms with Crippen molar-refractivity contribution in [2.24, 2.45) is 0 Å². The van der Waals surface area contributed by atoms with Gasteiger partial charge in [0.15, 0.2) is 12.1 Å². The van der Waals surface area contributed by atoms with Crippen molar-refractivity contribution in [3.05, 3.63) is 48.6 Å². The van der Waals surface area contributed by atoms with E-state index in [4.69, 9.17) is 14.2 Å². The zero-order chi connectivity index (χ0) is 40.0. The summed E-state index contributed by atoms with van der Waals surface area (Å²) in [5, 5.41) is 9.60. The lowest BCUT2D eigenvalue weighted by atomic mass is 10.1. The van der Waals surface area contributed by atoms with E-state index in [0.717, 1.165) is 77.0 Å². The minimum Gasteiger partial charge on any atom is -0.477 e. The molecule has 2 atom stereocenters. The molecule has 0 aromatic carbocycles. The molecule has 0 aliphatic heterocycles. The number of hydrogen-bond acceptors (Lipinski definition) is 6. The van der Waals surface area contributed by atoms with Crippen molar-refractivity contribution in [2.75, 3.05) is 41.0 Å². The monoisotopic (exact) mass is 761 g/mol. The molecule has 312 valence electrons. The fourth-order valence-corrected chi connectivity index (χ4v) is 6.07. The van der Waals surface area contributed by atoms with Crippen LogP contribution in [-0.2, 0) is 28.6 Å². The highest BCUT2D eigenvalue weighted by atomic mass is 16.6. The van der Waals surface area contributed by atoms with Crippen LogP contribution < -0.4 is 0 Å². The van der Waals surface area contributed by atoms with E-state index in [0.29, 0.717) is 19.3 Å². The van der Waals surface area contributed by atoms with Gasteiger partial charge < -0.3 is 23.8 Å². The van der Waals surface area contributed by atoms with Crippen LogP contribution in [-0.4, -0.2) is 80.6 Å². The van der Waals surface area contributed by atoms with E-state index in [1.54, 1.807) is 0 Å². The number of aliphatic carboxylic acids is 1. The molecule has 0 aromatic heterocycles. The number of nitrogens with zero attached hydrogens (tertiary/aromatic N) is 1. The molecule has 8 heteroatoms. The van der Waals surface area contributed by atoms with E-state index in [1.807, 2.05) is 21.1 Å². The highest BCUT2D eigenvalue weighted by Crippen LogP contribution is 2.13. The number of carboxylic acid groups (broad SMARTS) is 1. The zero-order valence-corrected chi connectivity index (χ0v) is 35.4. The molecule has 0 bridgehead atoms. The van der Waals surface area contributed by atoms with Gasteiger partial charge in [0, 0.05) is 19.3 Å².